The number of H-pyrrole nitrogens is 1. The molecule has 0 spiro atoms. The number of carbonyl (C=O) groups is 1. The number of fused-ring (bicyclic) bond motifs is 2. The molecule has 1 aliphatic heterocycles. The zero-order valence-electron chi connectivity index (χ0n) is 16.2. The minimum Gasteiger partial charge on any atom is -0.368 e. The van der Waals surface area contributed by atoms with E-state index in [1.165, 1.54) is 0 Å². The van der Waals surface area contributed by atoms with Crippen LogP contribution < -0.4 is 11.1 Å². The summed E-state index contributed by atoms with van der Waals surface area (Å²) in [7, 11) is 0. The number of hydrogen-bond donors (Lipinski definition) is 3. The number of allylic oxidation sites excluding steroid dienone is 2. The quantitative estimate of drug-likeness (QED) is 0.720. The highest BCUT2D eigenvalue weighted by molar-refractivity contribution is 6.16. The summed E-state index contributed by atoms with van der Waals surface area (Å²) in [5, 5.41) is 3.60. The summed E-state index contributed by atoms with van der Waals surface area (Å²) < 4.78 is 26.0. The fourth-order valence-corrected chi connectivity index (χ4v) is 4.19. The van der Waals surface area contributed by atoms with Crippen molar-refractivity contribution in [1.29, 1.82) is 0 Å². The van der Waals surface area contributed by atoms with E-state index in [0.717, 1.165) is 22.1 Å². The van der Waals surface area contributed by atoms with Crippen LogP contribution in [0.5, 0.6) is 0 Å². The Labute approximate surface area is 170 Å². The summed E-state index contributed by atoms with van der Waals surface area (Å²) >= 11 is 0. The maximum Gasteiger partial charge on any atom is 0.253 e. The van der Waals surface area contributed by atoms with Gasteiger partial charge in [-0.15, -0.1) is 0 Å². The van der Waals surface area contributed by atoms with Gasteiger partial charge in [0.2, 0.25) is 11.9 Å². The lowest BCUT2D eigenvalue weighted by atomic mass is 9.81. The van der Waals surface area contributed by atoms with Crippen LogP contribution in [0.4, 0.5) is 14.7 Å². The number of nitrogens with zero attached hydrogens (tertiary/aromatic N) is 3. The lowest BCUT2D eigenvalue weighted by molar-refractivity contribution is -0.122. The number of halogens is 2. The molecule has 2 aliphatic carbocycles. The predicted octanol–water partition coefficient (Wildman–Crippen LogP) is 2.79. The average molecular weight is 410 g/mol. The van der Waals surface area contributed by atoms with Gasteiger partial charge in [0, 0.05) is 48.9 Å². The Balaban J connectivity index is 1.43. The molecule has 1 amide bonds. The number of nitrogens with two attached hydrogens (primary N) is 1. The van der Waals surface area contributed by atoms with Crippen LogP contribution in [0.15, 0.2) is 46.8 Å². The summed E-state index contributed by atoms with van der Waals surface area (Å²) in [5.41, 5.74) is 8.64. The van der Waals surface area contributed by atoms with Gasteiger partial charge in [-0.25, -0.2) is 13.8 Å². The number of alkyl halides is 2. The first-order valence-corrected chi connectivity index (χ1v) is 9.71. The molecule has 5 rings (SSSR count). The molecule has 30 heavy (non-hydrogen) atoms. The smallest absolute Gasteiger partial charge is 0.253 e. The molecule has 154 valence electrons. The third-order valence-electron chi connectivity index (χ3n) is 5.92. The zero-order valence-corrected chi connectivity index (χ0v) is 16.2. The number of amides is 1. The number of aromatic amines is 1. The molecule has 9 heteroatoms. The second-order valence-corrected chi connectivity index (χ2v) is 8.20. The molecule has 0 aromatic carbocycles. The molecule has 0 bridgehead atoms. The van der Waals surface area contributed by atoms with Crippen molar-refractivity contribution >= 4 is 34.7 Å². The van der Waals surface area contributed by atoms with Crippen molar-refractivity contribution in [2.24, 2.45) is 10.9 Å². The van der Waals surface area contributed by atoms with Crippen molar-refractivity contribution in [3.63, 3.8) is 0 Å². The molecule has 1 unspecified atom stereocenters. The monoisotopic (exact) mass is 410 g/mol. The average Bonchev–Trinajstić information content (AvgIpc) is 3.24. The molecule has 1 atom stereocenters. The Morgan fingerprint density at radius 3 is 2.97 bits per heavy atom. The van der Waals surface area contributed by atoms with Crippen LogP contribution in [0, 0.1) is 5.92 Å². The van der Waals surface area contributed by atoms with E-state index in [-0.39, 0.29) is 37.2 Å². The van der Waals surface area contributed by atoms with Crippen LogP contribution in [-0.2, 0) is 4.79 Å². The van der Waals surface area contributed by atoms with Gasteiger partial charge in [-0.05, 0) is 30.1 Å². The molecule has 0 saturated heterocycles. The number of nitrogen functional groups attached to an aromatic ring is 1. The standard InChI is InChI=1S/C21H20F2N6O/c1-20-3-2-12(13-8-25-17-14(13)9-27-19(24)29-17)4-16(20)15(10-28-20)18(30)26-7-11-5-21(22,23)6-11/h2-4,8-11H,5-7H2,1H3,(H,26,30)(H3,24,25,27,29). The minimum atomic E-state index is -2.59. The van der Waals surface area contributed by atoms with E-state index in [1.54, 1.807) is 12.4 Å². The maximum atomic E-state index is 13.0. The SMILES string of the molecule is CC12C=CC(c3c[nH]c4nc(N)ncc34)=CC1=C(C(=O)NCC1CC(F)(F)C1)C=N2. The van der Waals surface area contributed by atoms with E-state index in [1.807, 2.05) is 31.3 Å². The Morgan fingerprint density at radius 2 is 2.20 bits per heavy atom. The van der Waals surface area contributed by atoms with Crippen LogP contribution in [0.1, 0.15) is 25.3 Å². The van der Waals surface area contributed by atoms with Gasteiger partial charge >= 0.3 is 0 Å². The van der Waals surface area contributed by atoms with Crippen molar-refractivity contribution in [3.05, 3.63) is 47.3 Å². The van der Waals surface area contributed by atoms with Gasteiger partial charge < -0.3 is 16.0 Å². The van der Waals surface area contributed by atoms with Gasteiger partial charge in [-0.1, -0.05) is 12.2 Å². The Hall–Kier alpha value is -3.36. The number of nitrogens with one attached hydrogen (secondary N) is 2. The van der Waals surface area contributed by atoms with Crippen LogP contribution >= 0.6 is 0 Å². The second-order valence-electron chi connectivity index (χ2n) is 8.20. The topological polar surface area (TPSA) is 109 Å². The highest BCUT2D eigenvalue weighted by atomic mass is 19.3. The molecule has 7 nitrogen and oxygen atoms in total. The summed E-state index contributed by atoms with van der Waals surface area (Å²) in [4.78, 5) is 28.6. The summed E-state index contributed by atoms with van der Waals surface area (Å²) in [6, 6.07) is 0. The van der Waals surface area contributed by atoms with Crippen molar-refractivity contribution in [3.8, 4) is 0 Å². The van der Waals surface area contributed by atoms with Crippen molar-refractivity contribution in [2.45, 2.75) is 31.2 Å². The van der Waals surface area contributed by atoms with Crippen molar-refractivity contribution < 1.29 is 13.6 Å². The van der Waals surface area contributed by atoms with Crippen LogP contribution in [0.3, 0.4) is 0 Å². The van der Waals surface area contributed by atoms with Gasteiger partial charge in [0.1, 0.15) is 11.2 Å². The molecule has 1 saturated carbocycles. The third-order valence-corrected chi connectivity index (χ3v) is 5.92. The van der Waals surface area contributed by atoms with Gasteiger partial charge in [-0.2, -0.15) is 4.98 Å². The van der Waals surface area contributed by atoms with Gasteiger partial charge in [0.15, 0.2) is 0 Å². The Morgan fingerprint density at radius 1 is 1.40 bits per heavy atom. The fraction of sp³-hybridized carbons (Fsp3) is 0.333. The molecule has 3 heterocycles. The largest absolute Gasteiger partial charge is 0.368 e. The number of aliphatic imine (C=N–C) groups is 1. The summed E-state index contributed by atoms with van der Waals surface area (Å²) in [6.07, 6.45) is 10.5. The molecule has 2 aromatic rings. The van der Waals surface area contributed by atoms with E-state index in [4.69, 9.17) is 5.73 Å². The number of aromatic nitrogens is 3. The molecular formula is C21H20F2N6O. The summed E-state index contributed by atoms with van der Waals surface area (Å²) in [6.45, 7) is 2.16. The molecule has 4 N–H and O–H groups in total. The van der Waals surface area contributed by atoms with Crippen LogP contribution in [0.2, 0.25) is 0 Å². The molecule has 0 radical (unpaired) electrons. The number of rotatable bonds is 4. The van der Waals surface area contributed by atoms with Gasteiger partial charge in [0.25, 0.3) is 5.91 Å². The predicted molar refractivity (Wildman–Crippen MR) is 110 cm³/mol. The number of hydrogen-bond acceptors (Lipinski definition) is 5. The molecule has 1 fully saturated rings. The van der Waals surface area contributed by atoms with E-state index in [0.29, 0.717) is 11.2 Å². The van der Waals surface area contributed by atoms with Gasteiger partial charge in [0.05, 0.1) is 5.57 Å². The minimum absolute atomic E-state index is 0.176. The first kappa shape index (κ1) is 18.7. The number of anilines is 1. The highest BCUT2D eigenvalue weighted by Gasteiger charge is 2.45. The van der Waals surface area contributed by atoms with Crippen molar-refractivity contribution in [2.75, 3.05) is 12.3 Å². The van der Waals surface area contributed by atoms with Gasteiger partial charge in [-0.3, -0.25) is 9.79 Å². The first-order chi connectivity index (χ1) is 14.2. The Bertz CT molecular complexity index is 1180. The normalized spacial score (nSPS) is 24.7. The lowest BCUT2D eigenvalue weighted by Gasteiger charge is -2.34. The molecule has 2 aromatic heterocycles. The zero-order chi connectivity index (χ0) is 21.1. The summed E-state index contributed by atoms with van der Waals surface area (Å²) in [5.74, 6) is -2.89. The Kier molecular flexibility index (Phi) is 3.93. The second kappa shape index (κ2) is 6.32. The fourth-order valence-electron chi connectivity index (χ4n) is 4.19. The highest BCUT2D eigenvalue weighted by Crippen LogP contribution is 2.42. The maximum absolute atomic E-state index is 13.0. The van der Waals surface area contributed by atoms with E-state index in [9.17, 15) is 13.6 Å². The number of carbonyl (C=O) groups excluding carboxylic acids is 1. The van der Waals surface area contributed by atoms with E-state index >= 15 is 0 Å². The lowest BCUT2D eigenvalue weighted by Crippen LogP contribution is -2.42. The van der Waals surface area contributed by atoms with E-state index in [2.05, 4.69) is 25.3 Å². The first-order valence-electron chi connectivity index (χ1n) is 9.71. The third kappa shape index (κ3) is 3.01. The van der Waals surface area contributed by atoms with Crippen LogP contribution in [-0.4, -0.2) is 45.1 Å². The van der Waals surface area contributed by atoms with E-state index < -0.39 is 11.5 Å². The molecular weight excluding hydrogens is 390 g/mol. The van der Waals surface area contributed by atoms with Crippen LogP contribution in [0.25, 0.3) is 16.6 Å². The molecule has 3 aliphatic rings. The van der Waals surface area contributed by atoms with Crippen molar-refractivity contribution in [1.82, 2.24) is 20.3 Å².